The normalized spacial score (nSPS) is 11.2. The molecule has 5 heteroatoms. The number of phosphoric ester groups is 1. The maximum atomic E-state index is 14.7. The minimum absolute atomic E-state index is 0.208. The van der Waals surface area contributed by atoms with Gasteiger partial charge in [-0.3, -0.25) is 4.89 Å². The summed E-state index contributed by atoms with van der Waals surface area (Å²) in [5, 5.41) is 0. The van der Waals surface area contributed by atoms with Crippen LogP contribution in [0.25, 0.3) is 89.0 Å². The molecule has 1 N–H and O–H groups in total. The Hall–Kier alpha value is -8.01. The molecule has 0 amide bonds. The van der Waals surface area contributed by atoms with Crippen LogP contribution in [0.2, 0.25) is 0 Å². The van der Waals surface area contributed by atoms with E-state index in [9.17, 15) is 9.46 Å². The lowest BCUT2D eigenvalue weighted by molar-refractivity contribution is 0.291. The van der Waals surface area contributed by atoms with Crippen LogP contribution in [0.5, 0.6) is 11.5 Å². The molecule has 4 nitrogen and oxygen atoms in total. The Labute approximate surface area is 380 Å². The summed E-state index contributed by atoms with van der Waals surface area (Å²) >= 11 is 0. The first-order valence-electron chi connectivity index (χ1n) is 21.6. The number of rotatable bonds is 12. The Kier molecular flexibility index (Phi) is 11.6. The molecule has 0 fully saturated rings. The van der Waals surface area contributed by atoms with Crippen molar-refractivity contribution in [3.8, 4) is 101 Å². The summed E-state index contributed by atoms with van der Waals surface area (Å²) in [6, 6.07) is 85.1. The van der Waals surface area contributed by atoms with Crippen molar-refractivity contribution < 1.29 is 18.5 Å². The van der Waals surface area contributed by atoms with Crippen molar-refractivity contribution in [3.05, 3.63) is 255 Å². The van der Waals surface area contributed by atoms with Crippen LogP contribution in [0.1, 0.15) is 0 Å². The van der Waals surface area contributed by atoms with E-state index >= 15 is 0 Å². The molecule has 65 heavy (non-hydrogen) atoms. The molecular formula is C60H43O4P. The van der Waals surface area contributed by atoms with Crippen LogP contribution < -0.4 is 9.05 Å². The Balaban J connectivity index is 1.10. The van der Waals surface area contributed by atoms with Crippen LogP contribution in [0, 0.1) is 0 Å². The van der Waals surface area contributed by atoms with Crippen molar-refractivity contribution in [2.75, 3.05) is 0 Å². The van der Waals surface area contributed by atoms with Gasteiger partial charge >= 0.3 is 7.82 Å². The molecule has 0 heterocycles. The Morgan fingerprint density at radius 1 is 0.246 bits per heavy atom. The lowest BCUT2D eigenvalue weighted by Gasteiger charge is -2.21. The Bertz CT molecular complexity index is 2930. The van der Waals surface area contributed by atoms with Crippen LogP contribution in [0.15, 0.2) is 255 Å². The largest absolute Gasteiger partial charge is 0.584 e. The molecule has 312 valence electrons. The quantitative estimate of drug-likeness (QED) is 0.124. The van der Waals surface area contributed by atoms with E-state index in [2.05, 4.69) is 84.9 Å². The molecule has 0 bridgehead atoms. The van der Waals surface area contributed by atoms with Gasteiger partial charge in [-0.1, -0.05) is 194 Å². The fourth-order valence-electron chi connectivity index (χ4n) is 8.31. The highest BCUT2D eigenvalue weighted by Crippen LogP contribution is 2.51. The van der Waals surface area contributed by atoms with Gasteiger partial charge in [0.05, 0.1) is 0 Å². The van der Waals surface area contributed by atoms with E-state index in [1.165, 1.54) is 0 Å². The predicted molar refractivity (Wildman–Crippen MR) is 267 cm³/mol. The van der Waals surface area contributed by atoms with E-state index in [1.54, 1.807) is 12.1 Å². The maximum absolute atomic E-state index is 14.7. The summed E-state index contributed by atoms with van der Waals surface area (Å²) in [6.45, 7) is 0. The molecule has 10 rings (SSSR count). The number of benzene rings is 10. The molecule has 0 saturated carbocycles. The van der Waals surface area contributed by atoms with Crippen LogP contribution in [-0.4, -0.2) is 4.89 Å². The second kappa shape index (κ2) is 18.4. The van der Waals surface area contributed by atoms with E-state index in [0.29, 0.717) is 11.1 Å². The summed E-state index contributed by atoms with van der Waals surface area (Å²) in [7, 11) is -4.88. The minimum atomic E-state index is -4.88. The number of hydrogen-bond donors (Lipinski definition) is 1. The Morgan fingerprint density at radius 3 is 0.738 bits per heavy atom. The third-order valence-electron chi connectivity index (χ3n) is 11.5. The van der Waals surface area contributed by atoms with Gasteiger partial charge in [0, 0.05) is 11.1 Å². The third kappa shape index (κ3) is 9.37. The van der Waals surface area contributed by atoms with Gasteiger partial charge in [0.25, 0.3) is 0 Å². The standard InChI is InChI=1S/C60H43O4P/c61-65(62,63-59-33-31-49(43-19-7-1-8-20-43)41-57(59)55-37-51(45-23-11-3-12-24-45)35-52(38-55)46-25-13-4-14-26-46)64-60-34-32-50(44-21-9-2-10-22-44)42-58(60)56-39-53(47-27-15-5-16-28-47)36-54(40-56)48-29-17-6-18-30-48/h1-42H,(H,61,62). The highest BCUT2D eigenvalue weighted by Gasteiger charge is 2.29. The zero-order chi connectivity index (χ0) is 44.0. The fraction of sp³-hybridized carbons (Fsp3) is 0. The van der Waals surface area contributed by atoms with Crippen molar-refractivity contribution in [1.82, 2.24) is 0 Å². The minimum Gasteiger partial charge on any atom is -0.395 e. The van der Waals surface area contributed by atoms with E-state index in [-0.39, 0.29) is 11.5 Å². The van der Waals surface area contributed by atoms with Gasteiger partial charge in [-0.15, -0.1) is 0 Å². The second-order valence-corrected chi connectivity index (χ2v) is 17.2. The molecule has 0 aliphatic rings. The van der Waals surface area contributed by atoms with Crippen LogP contribution in [-0.2, 0) is 4.57 Å². The third-order valence-corrected chi connectivity index (χ3v) is 12.4. The zero-order valence-electron chi connectivity index (χ0n) is 35.4. The summed E-state index contributed by atoms with van der Waals surface area (Å²) in [5.41, 5.74) is 14.9. The van der Waals surface area contributed by atoms with Crippen molar-refractivity contribution in [2.24, 2.45) is 0 Å². The van der Waals surface area contributed by atoms with Gasteiger partial charge in [0.1, 0.15) is 11.5 Å². The van der Waals surface area contributed by atoms with Gasteiger partial charge in [-0.25, -0.2) is 4.57 Å². The maximum Gasteiger partial charge on any atom is 0.584 e. The van der Waals surface area contributed by atoms with Crippen molar-refractivity contribution in [1.29, 1.82) is 0 Å². The van der Waals surface area contributed by atoms with E-state index in [1.807, 2.05) is 158 Å². The van der Waals surface area contributed by atoms with E-state index in [4.69, 9.17) is 9.05 Å². The summed E-state index contributed by atoms with van der Waals surface area (Å²) in [5.74, 6) is 0.416. The van der Waals surface area contributed by atoms with Gasteiger partial charge in [-0.2, -0.15) is 0 Å². The SMILES string of the molecule is O=P(O)(Oc1ccc(-c2ccccc2)cc1-c1cc(-c2ccccc2)cc(-c2ccccc2)c1)Oc1ccc(-c2ccccc2)cc1-c1cc(-c2ccccc2)cc(-c2ccccc2)c1. The molecule has 0 aliphatic carbocycles. The van der Waals surface area contributed by atoms with Crippen LogP contribution in [0.3, 0.4) is 0 Å². The lowest BCUT2D eigenvalue weighted by atomic mass is 9.91. The molecule has 0 radical (unpaired) electrons. The average molecular weight is 859 g/mol. The second-order valence-electron chi connectivity index (χ2n) is 15.9. The van der Waals surface area contributed by atoms with Crippen LogP contribution in [0.4, 0.5) is 0 Å². The van der Waals surface area contributed by atoms with Gasteiger partial charge < -0.3 is 9.05 Å². The molecule has 0 aromatic heterocycles. The predicted octanol–water partition coefficient (Wildman–Crippen LogP) is 16.6. The van der Waals surface area contributed by atoms with Crippen molar-refractivity contribution in [3.63, 3.8) is 0 Å². The Morgan fingerprint density at radius 2 is 0.477 bits per heavy atom. The summed E-state index contributed by atoms with van der Waals surface area (Å²) in [6.07, 6.45) is 0. The van der Waals surface area contributed by atoms with Gasteiger partial charge in [0.15, 0.2) is 0 Å². The first kappa shape index (κ1) is 41.0. The molecule has 10 aromatic rings. The average Bonchev–Trinajstić information content (AvgIpc) is 3.37. The topological polar surface area (TPSA) is 55.8 Å². The van der Waals surface area contributed by atoms with E-state index in [0.717, 1.165) is 77.9 Å². The highest BCUT2D eigenvalue weighted by molar-refractivity contribution is 7.48. The summed E-state index contributed by atoms with van der Waals surface area (Å²) < 4.78 is 27.2. The fourth-order valence-corrected chi connectivity index (χ4v) is 9.17. The van der Waals surface area contributed by atoms with E-state index < -0.39 is 7.82 Å². The molecule has 0 unspecified atom stereocenters. The van der Waals surface area contributed by atoms with Crippen molar-refractivity contribution in [2.45, 2.75) is 0 Å². The van der Waals surface area contributed by atoms with Crippen LogP contribution >= 0.6 is 7.82 Å². The molecule has 0 saturated heterocycles. The molecule has 0 spiro atoms. The lowest BCUT2D eigenvalue weighted by Crippen LogP contribution is -2.02. The van der Waals surface area contributed by atoms with Gasteiger partial charge in [0.2, 0.25) is 0 Å². The smallest absolute Gasteiger partial charge is 0.395 e. The van der Waals surface area contributed by atoms with Gasteiger partial charge in [-0.05, 0) is 139 Å². The molecule has 0 atom stereocenters. The summed E-state index contributed by atoms with van der Waals surface area (Å²) in [4.78, 5) is 12.0. The zero-order valence-corrected chi connectivity index (χ0v) is 36.3. The molecule has 10 aromatic carbocycles. The first-order valence-corrected chi connectivity index (χ1v) is 23.1. The monoisotopic (exact) mass is 858 g/mol. The number of hydrogen-bond acceptors (Lipinski definition) is 3. The molecule has 0 aliphatic heterocycles. The van der Waals surface area contributed by atoms with Crippen molar-refractivity contribution >= 4 is 7.82 Å². The highest BCUT2D eigenvalue weighted by atomic mass is 31.2. The number of phosphoric acid groups is 1. The molecular weight excluding hydrogens is 816 g/mol. The first-order chi connectivity index (χ1) is 31.9.